The molecule has 0 saturated carbocycles. The number of anilines is 1. The average molecular weight is 347 g/mol. The molecule has 1 heterocycles. The van der Waals surface area contributed by atoms with Crippen LogP contribution in [0.3, 0.4) is 0 Å². The van der Waals surface area contributed by atoms with Crippen molar-refractivity contribution in [3.8, 4) is 6.01 Å². The van der Waals surface area contributed by atoms with E-state index in [1.165, 1.54) is 12.1 Å². The van der Waals surface area contributed by atoms with Crippen LogP contribution in [0.1, 0.15) is 6.92 Å². The number of aromatic nitrogens is 3. The SMILES string of the molecule is CCOc1n[nH]c(NS(=O)(=O)c2ccc(Br)cc2)n1. The van der Waals surface area contributed by atoms with Crippen LogP contribution in [0.15, 0.2) is 33.6 Å². The molecule has 0 fully saturated rings. The van der Waals surface area contributed by atoms with Gasteiger partial charge in [-0.3, -0.25) is 0 Å². The van der Waals surface area contributed by atoms with Gasteiger partial charge in [0.1, 0.15) is 0 Å². The highest BCUT2D eigenvalue weighted by atomic mass is 79.9. The summed E-state index contributed by atoms with van der Waals surface area (Å²) in [6.07, 6.45) is 0. The maximum absolute atomic E-state index is 12.0. The molecule has 2 N–H and O–H groups in total. The lowest BCUT2D eigenvalue weighted by Crippen LogP contribution is -2.13. The Hall–Kier alpha value is -1.61. The molecule has 0 bridgehead atoms. The largest absolute Gasteiger partial charge is 0.463 e. The van der Waals surface area contributed by atoms with Crippen molar-refractivity contribution in [1.29, 1.82) is 0 Å². The first-order valence-corrected chi connectivity index (χ1v) is 7.62. The van der Waals surface area contributed by atoms with E-state index in [1.54, 1.807) is 19.1 Å². The van der Waals surface area contributed by atoms with E-state index >= 15 is 0 Å². The number of ether oxygens (including phenoxy) is 1. The van der Waals surface area contributed by atoms with E-state index in [-0.39, 0.29) is 16.9 Å². The van der Waals surface area contributed by atoms with Crippen molar-refractivity contribution in [2.24, 2.45) is 0 Å². The van der Waals surface area contributed by atoms with Crippen molar-refractivity contribution in [3.05, 3.63) is 28.7 Å². The molecule has 0 aliphatic carbocycles. The van der Waals surface area contributed by atoms with E-state index < -0.39 is 10.0 Å². The van der Waals surface area contributed by atoms with Gasteiger partial charge in [0.05, 0.1) is 11.5 Å². The second kappa shape index (κ2) is 5.57. The summed E-state index contributed by atoms with van der Waals surface area (Å²) in [5.41, 5.74) is 0. The predicted molar refractivity (Wildman–Crippen MR) is 72.5 cm³/mol. The van der Waals surface area contributed by atoms with Gasteiger partial charge in [-0.05, 0) is 31.2 Å². The van der Waals surface area contributed by atoms with Crippen LogP contribution in [0.2, 0.25) is 0 Å². The minimum Gasteiger partial charge on any atom is -0.463 e. The number of benzene rings is 1. The maximum atomic E-state index is 12.0. The van der Waals surface area contributed by atoms with Gasteiger partial charge < -0.3 is 4.74 Å². The number of sulfonamides is 1. The molecule has 1 aromatic carbocycles. The molecule has 7 nitrogen and oxygen atoms in total. The molecule has 102 valence electrons. The Kier molecular flexibility index (Phi) is 4.05. The van der Waals surface area contributed by atoms with Gasteiger partial charge in [0.15, 0.2) is 0 Å². The Morgan fingerprint density at radius 1 is 1.37 bits per heavy atom. The molecule has 2 aromatic rings. The van der Waals surface area contributed by atoms with Crippen LogP contribution < -0.4 is 9.46 Å². The number of H-pyrrole nitrogens is 1. The van der Waals surface area contributed by atoms with E-state index in [9.17, 15) is 8.42 Å². The van der Waals surface area contributed by atoms with Crippen molar-refractivity contribution in [3.63, 3.8) is 0 Å². The Bertz CT molecular complexity index is 654. The molecule has 0 radical (unpaired) electrons. The van der Waals surface area contributed by atoms with Crippen molar-refractivity contribution in [2.75, 3.05) is 11.3 Å². The molecule has 9 heteroatoms. The molecular formula is C10H11BrN4O3S. The molecule has 2 rings (SSSR count). The third-order valence-corrected chi connectivity index (χ3v) is 3.98. The summed E-state index contributed by atoms with van der Waals surface area (Å²) in [5, 5.41) is 6.15. The van der Waals surface area contributed by atoms with Gasteiger partial charge in [-0.2, -0.15) is 4.98 Å². The maximum Gasteiger partial charge on any atom is 0.337 e. The zero-order chi connectivity index (χ0) is 13.9. The van der Waals surface area contributed by atoms with Crippen molar-refractivity contribution < 1.29 is 13.2 Å². The first-order chi connectivity index (χ1) is 9.01. The number of aromatic amines is 1. The van der Waals surface area contributed by atoms with Crippen molar-refractivity contribution >= 4 is 31.9 Å². The number of halogens is 1. The Balaban J connectivity index is 2.18. The fourth-order valence-corrected chi connectivity index (χ4v) is 2.51. The number of hydrogen-bond donors (Lipinski definition) is 2. The number of rotatable bonds is 5. The van der Waals surface area contributed by atoms with Crippen LogP contribution in [0.4, 0.5) is 5.95 Å². The zero-order valence-electron chi connectivity index (χ0n) is 9.92. The highest BCUT2D eigenvalue weighted by molar-refractivity contribution is 9.10. The number of hydrogen-bond acceptors (Lipinski definition) is 5. The van der Waals surface area contributed by atoms with Crippen LogP contribution in [0, 0.1) is 0 Å². The summed E-state index contributed by atoms with van der Waals surface area (Å²) in [7, 11) is -3.69. The highest BCUT2D eigenvalue weighted by Crippen LogP contribution is 2.17. The zero-order valence-corrected chi connectivity index (χ0v) is 12.3. The monoisotopic (exact) mass is 346 g/mol. The van der Waals surface area contributed by atoms with Crippen LogP contribution >= 0.6 is 15.9 Å². The standard InChI is InChI=1S/C10H11BrN4O3S/c1-2-18-10-12-9(13-14-10)15-19(16,17)8-5-3-7(11)4-6-8/h3-6H,2H2,1H3,(H2,12,13,14,15). The van der Waals surface area contributed by atoms with E-state index in [2.05, 4.69) is 35.8 Å². The molecule has 0 aliphatic heterocycles. The lowest BCUT2D eigenvalue weighted by Gasteiger charge is -2.04. The summed E-state index contributed by atoms with van der Waals surface area (Å²) in [6, 6.07) is 6.33. The molecule has 0 aliphatic rings. The first kappa shape index (κ1) is 13.8. The van der Waals surface area contributed by atoms with E-state index in [0.717, 1.165) is 4.47 Å². The topological polar surface area (TPSA) is 97.0 Å². The first-order valence-electron chi connectivity index (χ1n) is 5.35. The van der Waals surface area contributed by atoms with Gasteiger partial charge in [0, 0.05) is 4.47 Å². The summed E-state index contributed by atoms with van der Waals surface area (Å²) in [6.45, 7) is 2.18. The van der Waals surface area contributed by atoms with Gasteiger partial charge in [-0.1, -0.05) is 15.9 Å². The van der Waals surface area contributed by atoms with Crippen molar-refractivity contribution in [1.82, 2.24) is 15.2 Å². The van der Waals surface area contributed by atoms with Gasteiger partial charge >= 0.3 is 6.01 Å². The molecule has 19 heavy (non-hydrogen) atoms. The Morgan fingerprint density at radius 3 is 2.68 bits per heavy atom. The van der Waals surface area contributed by atoms with Crippen LogP contribution in [0.5, 0.6) is 6.01 Å². The molecule has 0 amide bonds. The van der Waals surface area contributed by atoms with Crippen LogP contribution in [0.25, 0.3) is 0 Å². The van der Waals surface area contributed by atoms with E-state index in [4.69, 9.17) is 4.74 Å². The van der Waals surface area contributed by atoms with Gasteiger partial charge in [-0.25, -0.2) is 18.2 Å². The molecule has 0 spiro atoms. The molecule has 0 unspecified atom stereocenters. The Labute approximate surface area is 118 Å². The second-order valence-electron chi connectivity index (χ2n) is 3.46. The van der Waals surface area contributed by atoms with Gasteiger partial charge in [0.25, 0.3) is 10.0 Å². The van der Waals surface area contributed by atoms with Gasteiger partial charge in [-0.15, -0.1) is 5.10 Å². The summed E-state index contributed by atoms with van der Waals surface area (Å²) >= 11 is 3.24. The molecule has 0 atom stereocenters. The normalized spacial score (nSPS) is 11.3. The lowest BCUT2D eigenvalue weighted by molar-refractivity contribution is 0.314. The summed E-state index contributed by atoms with van der Waals surface area (Å²) in [5.74, 6) is 0.00590. The third kappa shape index (κ3) is 3.44. The lowest BCUT2D eigenvalue weighted by atomic mass is 10.4. The van der Waals surface area contributed by atoms with Crippen LogP contribution in [-0.4, -0.2) is 30.2 Å². The molecule has 1 aromatic heterocycles. The van der Waals surface area contributed by atoms with E-state index in [1.807, 2.05) is 0 Å². The summed E-state index contributed by atoms with van der Waals surface area (Å²) in [4.78, 5) is 3.97. The smallest absolute Gasteiger partial charge is 0.337 e. The van der Waals surface area contributed by atoms with Gasteiger partial charge in [0.2, 0.25) is 5.95 Å². The summed E-state index contributed by atoms with van der Waals surface area (Å²) < 4.78 is 32.2. The minimum absolute atomic E-state index is 0.00590. The fourth-order valence-electron chi connectivity index (χ4n) is 1.29. The number of nitrogens with one attached hydrogen (secondary N) is 2. The molecule has 0 saturated heterocycles. The third-order valence-electron chi connectivity index (χ3n) is 2.09. The second-order valence-corrected chi connectivity index (χ2v) is 6.06. The van der Waals surface area contributed by atoms with Crippen molar-refractivity contribution in [2.45, 2.75) is 11.8 Å². The fraction of sp³-hybridized carbons (Fsp3) is 0.200. The minimum atomic E-state index is -3.69. The van der Waals surface area contributed by atoms with Crippen LogP contribution in [-0.2, 0) is 10.0 Å². The Morgan fingerprint density at radius 2 is 2.05 bits per heavy atom. The number of nitrogens with zero attached hydrogens (tertiary/aromatic N) is 2. The molecular weight excluding hydrogens is 336 g/mol. The quantitative estimate of drug-likeness (QED) is 0.859. The van der Waals surface area contributed by atoms with E-state index in [0.29, 0.717) is 6.61 Å². The highest BCUT2D eigenvalue weighted by Gasteiger charge is 2.16. The predicted octanol–water partition coefficient (Wildman–Crippen LogP) is 1.77. The average Bonchev–Trinajstić information content (AvgIpc) is 2.77.